The maximum atomic E-state index is 13.6. The second-order valence-electron chi connectivity index (χ2n) is 4.53. The zero-order chi connectivity index (χ0) is 14.0. The molecule has 0 bridgehead atoms. The minimum absolute atomic E-state index is 0.229. The Morgan fingerprint density at radius 1 is 1.05 bits per heavy atom. The van der Waals surface area contributed by atoms with Crippen molar-refractivity contribution >= 4 is 28.9 Å². The summed E-state index contributed by atoms with van der Waals surface area (Å²) in [4.78, 5) is 0. The van der Waals surface area contributed by atoms with Crippen LogP contribution in [-0.4, -0.2) is 0 Å². The Morgan fingerprint density at radius 3 is 2.53 bits per heavy atom. The quantitative estimate of drug-likeness (QED) is 0.804. The van der Waals surface area contributed by atoms with Crippen LogP contribution in [0.3, 0.4) is 0 Å². The lowest BCUT2D eigenvalue weighted by molar-refractivity contribution is 0.612. The molecule has 19 heavy (non-hydrogen) atoms. The van der Waals surface area contributed by atoms with Crippen LogP contribution < -0.4 is 5.32 Å². The number of benzene rings is 2. The molecule has 2 aromatic rings. The molecule has 0 aliphatic carbocycles. The zero-order valence-electron chi connectivity index (χ0n) is 10.7. The zero-order valence-corrected chi connectivity index (χ0v) is 12.2. The Labute approximate surface area is 122 Å². The highest BCUT2D eigenvalue weighted by molar-refractivity contribution is 6.35. The normalized spacial score (nSPS) is 10.6. The minimum Gasteiger partial charge on any atom is -0.380 e. The third-order valence-electron chi connectivity index (χ3n) is 2.92. The molecule has 1 nitrogen and oxygen atoms in total. The third kappa shape index (κ3) is 3.40. The van der Waals surface area contributed by atoms with Crippen LogP contribution in [0.15, 0.2) is 30.3 Å². The van der Waals surface area contributed by atoms with Gasteiger partial charge in [-0.1, -0.05) is 40.9 Å². The van der Waals surface area contributed by atoms with E-state index in [0.717, 1.165) is 11.1 Å². The third-order valence-corrected chi connectivity index (χ3v) is 3.64. The highest BCUT2D eigenvalue weighted by Gasteiger charge is 2.06. The maximum absolute atomic E-state index is 13.6. The summed E-state index contributed by atoms with van der Waals surface area (Å²) in [5, 5.41) is 4.32. The van der Waals surface area contributed by atoms with Crippen LogP contribution in [0.25, 0.3) is 0 Å². The number of hydrogen-bond acceptors (Lipinski definition) is 1. The molecule has 0 saturated heterocycles. The molecule has 0 aliphatic heterocycles. The molecule has 0 saturated carbocycles. The van der Waals surface area contributed by atoms with Crippen LogP contribution in [0.5, 0.6) is 0 Å². The second kappa shape index (κ2) is 5.81. The number of hydrogen-bond donors (Lipinski definition) is 1. The van der Waals surface area contributed by atoms with E-state index in [2.05, 4.69) is 5.32 Å². The van der Waals surface area contributed by atoms with Gasteiger partial charge in [0.25, 0.3) is 0 Å². The summed E-state index contributed by atoms with van der Waals surface area (Å²) in [5.41, 5.74) is 3.25. The van der Waals surface area contributed by atoms with Crippen LogP contribution in [-0.2, 0) is 6.54 Å². The van der Waals surface area contributed by atoms with E-state index in [-0.39, 0.29) is 5.82 Å². The predicted molar refractivity (Wildman–Crippen MR) is 79.7 cm³/mol. The van der Waals surface area contributed by atoms with Crippen LogP contribution >= 0.6 is 23.2 Å². The van der Waals surface area contributed by atoms with Crippen molar-refractivity contribution < 1.29 is 4.39 Å². The van der Waals surface area contributed by atoms with Crippen molar-refractivity contribution in [1.29, 1.82) is 0 Å². The molecule has 2 rings (SSSR count). The van der Waals surface area contributed by atoms with Crippen molar-refractivity contribution in [3.05, 3.63) is 62.9 Å². The maximum Gasteiger partial charge on any atom is 0.128 e. The first-order chi connectivity index (χ1) is 8.97. The fourth-order valence-corrected chi connectivity index (χ4v) is 2.26. The molecule has 0 radical (unpaired) electrons. The molecule has 0 aliphatic rings. The van der Waals surface area contributed by atoms with Gasteiger partial charge in [-0.05, 0) is 37.6 Å². The van der Waals surface area contributed by atoms with Gasteiger partial charge in [0.05, 0.1) is 10.7 Å². The van der Waals surface area contributed by atoms with Crippen molar-refractivity contribution in [2.24, 2.45) is 0 Å². The first-order valence-corrected chi connectivity index (χ1v) is 6.67. The first kappa shape index (κ1) is 14.2. The Kier molecular flexibility index (Phi) is 4.33. The standard InChI is InChI=1S/C15H14Cl2FN/c1-9-3-4-14(18)11(5-9)8-19-15-7-12(16)10(2)6-13(15)17/h3-7,19H,8H2,1-2H3. The Morgan fingerprint density at radius 2 is 1.79 bits per heavy atom. The molecule has 0 spiro atoms. The second-order valence-corrected chi connectivity index (χ2v) is 5.34. The molecule has 1 N–H and O–H groups in total. The molecule has 100 valence electrons. The van der Waals surface area contributed by atoms with Crippen LogP contribution in [0.4, 0.5) is 10.1 Å². The molecule has 0 unspecified atom stereocenters. The van der Waals surface area contributed by atoms with E-state index in [0.29, 0.717) is 27.8 Å². The van der Waals surface area contributed by atoms with E-state index in [1.54, 1.807) is 18.2 Å². The number of rotatable bonds is 3. The Bertz CT molecular complexity index is 611. The van der Waals surface area contributed by atoms with E-state index in [1.807, 2.05) is 19.9 Å². The van der Waals surface area contributed by atoms with E-state index in [9.17, 15) is 4.39 Å². The number of nitrogens with one attached hydrogen (secondary N) is 1. The lowest BCUT2D eigenvalue weighted by atomic mass is 10.1. The molecule has 4 heteroatoms. The van der Waals surface area contributed by atoms with E-state index in [4.69, 9.17) is 23.2 Å². The van der Waals surface area contributed by atoms with Crippen molar-refractivity contribution in [1.82, 2.24) is 0 Å². The van der Waals surface area contributed by atoms with Gasteiger partial charge in [-0.25, -0.2) is 4.39 Å². The van der Waals surface area contributed by atoms with Crippen LogP contribution in [0.2, 0.25) is 10.0 Å². The molecule has 0 amide bonds. The number of halogens is 3. The smallest absolute Gasteiger partial charge is 0.128 e. The lowest BCUT2D eigenvalue weighted by Crippen LogP contribution is -2.03. The summed E-state index contributed by atoms with van der Waals surface area (Å²) in [6.07, 6.45) is 0. The molecular formula is C15H14Cl2FN. The van der Waals surface area contributed by atoms with Gasteiger partial charge >= 0.3 is 0 Å². The van der Waals surface area contributed by atoms with Crippen molar-refractivity contribution in [2.75, 3.05) is 5.32 Å². The SMILES string of the molecule is Cc1ccc(F)c(CNc2cc(Cl)c(C)cc2Cl)c1. The van der Waals surface area contributed by atoms with Crippen molar-refractivity contribution in [2.45, 2.75) is 20.4 Å². The number of anilines is 1. The topological polar surface area (TPSA) is 12.0 Å². The summed E-state index contributed by atoms with van der Waals surface area (Å²) in [7, 11) is 0. The number of aryl methyl sites for hydroxylation is 2. The largest absolute Gasteiger partial charge is 0.380 e. The van der Waals surface area contributed by atoms with Gasteiger partial charge in [0.1, 0.15) is 5.82 Å². The van der Waals surface area contributed by atoms with Gasteiger partial charge in [0.15, 0.2) is 0 Å². The highest BCUT2D eigenvalue weighted by atomic mass is 35.5. The fraction of sp³-hybridized carbons (Fsp3) is 0.200. The van der Waals surface area contributed by atoms with Gasteiger partial charge in [-0.2, -0.15) is 0 Å². The molecule has 2 aromatic carbocycles. The lowest BCUT2D eigenvalue weighted by Gasteiger charge is -2.11. The minimum atomic E-state index is -0.229. The van der Waals surface area contributed by atoms with E-state index < -0.39 is 0 Å². The van der Waals surface area contributed by atoms with Crippen LogP contribution in [0.1, 0.15) is 16.7 Å². The average molecular weight is 298 g/mol. The van der Waals surface area contributed by atoms with Gasteiger partial charge in [-0.15, -0.1) is 0 Å². The van der Waals surface area contributed by atoms with Crippen molar-refractivity contribution in [3.63, 3.8) is 0 Å². The van der Waals surface area contributed by atoms with Crippen molar-refractivity contribution in [3.8, 4) is 0 Å². The van der Waals surface area contributed by atoms with Crippen LogP contribution in [0, 0.1) is 19.7 Å². The summed E-state index contributed by atoms with van der Waals surface area (Å²) in [6, 6.07) is 8.57. The summed E-state index contributed by atoms with van der Waals surface area (Å²) < 4.78 is 13.6. The summed E-state index contributed by atoms with van der Waals surface area (Å²) >= 11 is 12.2. The monoisotopic (exact) mass is 297 g/mol. The highest BCUT2D eigenvalue weighted by Crippen LogP contribution is 2.29. The van der Waals surface area contributed by atoms with Gasteiger partial charge in [-0.3, -0.25) is 0 Å². The molecule has 0 heterocycles. The summed E-state index contributed by atoms with van der Waals surface area (Å²) in [5.74, 6) is -0.229. The fourth-order valence-electron chi connectivity index (χ4n) is 1.81. The van der Waals surface area contributed by atoms with Gasteiger partial charge in [0.2, 0.25) is 0 Å². The first-order valence-electron chi connectivity index (χ1n) is 5.92. The summed E-state index contributed by atoms with van der Waals surface area (Å²) in [6.45, 7) is 4.18. The molecule has 0 fully saturated rings. The van der Waals surface area contributed by atoms with E-state index >= 15 is 0 Å². The molecule has 0 aromatic heterocycles. The Balaban J connectivity index is 2.19. The van der Waals surface area contributed by atoms with Gasteiger partial charge in [0, 0.05) is 17.1 Å². The predicted octanol–water partition coefficient (Wildman–Crippen LogP) is 5.36. The molecular weight excluding hydrogens is 284 g/mol. The Hall–Kier alpha value is -1.25. The average Bonchev–Trinajstić information content (AvgIpc) is 2.36. The van der Waals surface area contributed by atoms with Gasteiger partial charge < -0.3 is 5.32 Å². The molecule has 0 atom stereocenters. The van der Waals surface area contributed by atoms with E-state index in [1.165, 1.54) is 6.07 Å².